The number of amides is 1. The number of rotatable bonds is 9. The molecule has 1 aromatic rings. The minimum absolute atomic E-state index is 0.0623. The summed E-state index contributed by atoms with van der Waals surface area (Å²) in [6, 6.07) is 7.53. The number of aliphatic hydroxyl groups excluding tert-OH is 1. The van der Waals surface area contributed by atoms with E-state index in [0.717, 1.165) is 12.0 Å². The maximum Gasteiger partial charge on any atom is 0.407 e. The van der Waals surface area contributed by atoms with Crippen LogP contribution in [0.25, 0.3) is 0 Å². The number of hydrogen-bond donors (Lipinski definition) is 2. The van der Waals surface area contributed by atoms with Crippen molar-refractivity contribution in [1.29, 1.82) is 0 Å². The maximum absolute atomic E-state index is 11.5. The summed E-state index contributed by atoms with van der Waals surface area (Å²) in [7, 11) is 0. The smallest absolute Gasteiger partial charge is 0.407 e. The minimum atomic E-state index is -0.901. The van der Waals surface area contributed by atoms with E-state index in [2.05, 4.69) is 20.8 Å². The number of carbonyl (C=O) groups is 1. The fourth-order valence-electron chi connectivity index (χ4n) is 2.49. The maximum atomic E-state index is 11.5. The number of hydrogen-bond acceptors (Lipinski definition) is 3. The van der Waals surface area contributed by atoms with Crippen molar-refractivity contribution in [2.75, 3.05) is 25.4 Å². The Morgan fingerprint density at radius 3 is 2.50 bits per heavy atom. The van der Waals surface area contributed by atoms with Gasteiger partial charge in [-0.15, -0.1) is 0 Å². The molecular weight excluding hydrogens is 346 g/mol. The zero-order chi connectivity index (χ0) is 18.2. The summed E-state index contributed by atoms with van der Waals surface area (Å²) in [4.78, 5) is 13.0. The molecule has 0 aromatic heterocycles. The largest absolute Gasteiger partial charge is 0.465 e. The van der Waals surface area contributed by atoms with Crippen molar-refractivity contribution >= 4 is 29.5 Å². The van der Waals surface area contributed by atoms with E-state index in [4.69, 9.17) is 16.7 Å². The standard InChI is InChI=1S/C18H28ClNO3S/c1-18(2,3)16(24-13-12-21)9-11-20(17(22)23)10-8-14-6-4-5-7-15(14)19/h4-7,16,21H,8-13H2,1-3H3,(H,22,23). The number of nitrogens with zero attached hydrogens (tertiary/aromatic N) is 1. The van der Waals surface area contributed by atoms with E-state index in [9.17, 15) is 9.90 Å². The molecular formula is C18H28ClNO3S. The zero-order valence-corrected chi connectivity index (χ0v) is 16.2. The molecule has 0 bridgehead atoms. The van der Waals surface area contributed by atoms with Gasteiger partial charge in [0, 0.05) is 29.1 Å². The predicted molar refractivity (Wildman–Crippen MR) is 102 cm³/mol. The molecule has 136 valence electrons. The van der Waals surface area contributed by atoms with Crippen molar-refractivity contribution in [1.82, 2.24) is 4.90 Å². The summed E-state index contributed by atoms with van der Waals surface area (Å²) in [5, 5.41) is 19.5. The molecule has 1 unspecified atom stereocenters. The summed E-state index contributed by atoms with van der Waals surface area (Å²) in [5.74, 6) is 0.675. The summed E-state index contributed by atoms with van der Waals surface area (Å²) >= 11 is 7.85. The second-order valence-corrected chi connectivity index (χ2v) is 8.57. The third-order valence-electron chi connectivity index (χ3n) is 3.92. The molecule has 0 radical (unpaired) electrons. The molecule has 24 heavy (non-hydrogen) atoms. The lowest BCUT2D eigenvalue weighted by Crippen LogP contribution is -2.36. The van der Waals surface area contributed by atoms with Gasteiger partial charge in [-0.3, -0.25) is 0 Å². The topological polar surface area (TPSA) is 60.8 Å². The lowest BCUT2D eigenvalue weighted by atomic mass is 9.89. The third kappa shape index (κ3) is 7.32. The first-order chi connectivity index (χ1) is 11.3. The van der Waals surface area contributed by atoms with Gasteiger partial charge in [0.1, 0.15) is 0 Å². The predicted octanol–water partition coefficient (Wildman–Crippen LogP) is 4.39. The first kappa shape index (κ1) is 21.1. The summed E-state index contributed by atoms with van der Waals surface area (Å²) in [6.45, 7) is 7.51. The fraction of sp³-hybridized carbons (Fsp3) is 0.611. The van der Waals surface area contributed by atoms with E-state index in [1.807, 2.05) is 24.3 Å². The Morgan fingerprint density at radius 2 is 1.96 bits per heavy atom. The van der Waals surface area contributed by atoms with E-state index in [1.54, 1.807) is 11.8 Å². The molecule has 6 heteroatoms. The molecule has 1 amide bonds. The van der Waals surface area contributed by atoms with Gasteiger partial charge in [0.15, 0.2) is 0 Å². The number of thioether (sulfide) groups is 1. The van der Waals surface area contributed by atoms with Gasteiger partial charge in [0.2, 0.25) is 0 Å². The highest BCUT2D eigenvalue weighted by Gasteiger charge is 2.26. The Hall–Kier alpha value is -0.910. The molecule has 0 fully saturated rings. The van der Waals surface area contributed by atoms with Crippen molar-refractivity contribution in [3.05, 3.63) is 34.9 Å². The van der Waals surface area contributed by atoms with Crippen LogP contribution in [-0.4, -0.2) is 51.9 Å². The molecule has 0 aliphatic carbocycles. The van der Waals surface area contributed by atoms with Crippen LogP contribution >= 0.6 is 23.4 Å². The molecule has 0 spiro atoms. The first-order valence-corrected chi connectivity index (χ1v) is 9.62. The first-order valence-electron chi connectivity index (χ1n) is 8.19. The van der Waals surface area contributed by atoms with Crippen LogP contribution in [0, 0.1) is 5.41 Å². The quantitative estimate of drug-likeness (QED) is 0.673. The van der Waals surface area contributed by atoms with Crippen LogP contribution in [-0.2, 0) is 6.42 Å². The van der Waals surface area contributed by atoms with Gasteiger partial charge in [-0.25, -0.2) is 4.79 Å². The number of aliphatic hydroxyl groups is 1. The van der Waals surface area contributed by atoms with E-state index in [0.29, 0.717) is 35.5 Å². The van der Waals surface area contributed by atoms with Gasteiger partial charge in [0.05, 0.1) is 6.61 Å². The second kappa shape index (κ2) is 10.2. The van der Waals surface area contributed by atoms with Crippen molar-refractivity contribution in [2.45, 2.75) is 38.9 Å². The van der Waals surface area contributed by atoms with E-state index < -0.39 is 6.09 Å². The van der Waals surface area contributed by atoms with Crippen molar-refractivity contribution in [2.24, 2.45) is 5.41 Å². The molecule has 1 rings (SSSR count). The zero-order valence-electron chi connectivity index (χ0n) is 14.7. The summed E-state index contributed by atoms with van der Waals surface area (Å²) < 4.78 is 0. The number of benzene rings is 1. The fourth-order valence-corrected chi connectivity index (χ4v) is 3.89. The van der Waals surface area contributed by atoms with Crippen LogP contribution in [0.2, 0.25) is 5.02 Å². The lowest BCUT2D eigenvalue weighted by molar-refractivity contribution is 0.143. The van der Waals surface area contributed by atoms with Crippen molar-refractivity contribution in [3.8, 4) is 0 Å². The average Bonchev–Trinajstić information content (AvgIpc) is 2.50. The van der Waals surface area contributed by atoms with Gasteiger partial charge in [-0.05, 0) is 29.9 Å². The molecule has 1 aromatic carbocycles. The molecule has 0 saturated carbocycles. The van der Waals surface area contributed by atoms with E-state index >= 15 is 0 Å². The monoisotopic (exact) mass is 373 g/mol. The Morgan fingerprint density at radius 1 is 1.29 bits per heavy atom. The van der Waals surface area contributed by atoms with Crippen LogP contribution in [0.3, 0.4) is 0 Å². The Labute approximate surface area is 154 Å². The van der Waals surface area contributed by atoms with Crippen LogP contribution in [0.4, 0.5) is 4.79 Å². The molecule has 0 saturated heterocycles. The molecule has 0 aliphatic heterocycles. The Kier molecular flexibility index (Phi) is 8.95. The molecule has 4 nitrogen and oxygen atoms in total. The van der Waals surface area contributed by atoms with Gasteiger partial charge in [-0.2, -0.15) is 11.8 Å². The Bertz CT molecular complexity index is 519. The normalized spacial score (nSPS) is 12.9. The third-order valence-corrected chi connectivity index (χ3v) is 6.05. The van der Waals surface area contributed by atoms with Crippen LogP contribution in [0.15, 0.2) is 24.3 Å². The average molecular weight is 374 g/mol. The van der Waals surface area contributed by atoms with Gasteiger partial charge in [-0.1, -0.05) is 50.6 Å². The summed E-state index contributed by atoms with van der Waals surface area (Å²) in [5.41, 5.74) is 1.03. The highest BCUT2D eigenvalue weighted by Crippen LogP contribution is 2.33. The van der Waals surface area contributed by atoms with Crippen LogP contribution in [0.1, 0.15) is 32.8 Å². The highest BCUT2D eigenvalue weighted by molar-refractivity contribution is 7.99. The lowest BCUT2D eigenvalue weighted by Gasteiger charge is -2.32. The molecule has 0 aliphatic rings. The minimum Gasteiger partial charge on any atom is -0.465 e. The molecule has 2 N–H and O–H groups in total. The van der Waals surface area contributed by atoms with Crippen molar-refractivity contribution < 1.29 is 15.0 Å². The molecule has 0 heterocycles. The Balaban J connectivity index is 2.61. The van der Waals surface area contributed by atoms with E-state index in [-0.39, 0.29) is 12.0 Å². The SMILES string of the molecule is CC(C)(C)C(CCN(CCc1ccccc1Cl)C(=O)O)SCCO. The molecule has 1 atom stereocenters. The number of halogens is 1. The van der Waals surface area contributed by atoms with Crippen molar-refractivity contribution in [3.63, 3.8) is 0 Å². The van der Waals surface area contributed by atoms with E-state index in [1.165, 1.54) is 4.90 Å². The van der Waals surface area contributed by atoms with Gasteiger partial charge in [0.25, 0.3) is 0 Å². The number of carboxylic acid groups (broad SMARTS) is 1. The van der Waals surface area contributed by atoms with Crippen LogP contribution in [0.5, 0.6) is 0 Å². The highest BCUT2D eigenvalue weighted by atomic mass is 35.5. The van der Waals surface area contributed by atoms with Crippen LogP contribution < -0.4 is 0 Å². The summed E-state index contributed by atoms with van der Waals surface area (Å²) in [6.07, 6.45) is 0.473. The van der Waals surface area contributed by atoms with Gasteiger partial charge < -0.3 is 15.1 Å². The second-order valence-electron chi connectivity index (χ2n) is 6.85. The van der Waals surface area contributed by atoms with Gasteiger partial charge >= 0.3 is 6.09 Å².